The molecule has 0 fully saturated rings. The number of nitrogens with zero attached hydrogens (tertiary/aromatic N) is 5. The van der Waals surface area contributed by atoms with E-state index in [0.29, 0.717) is 0 Å². The first-order valence-corrected chi connectivity index (χ1v) is 10.7. The minimum absolute atomic E-state index is 0.0454. The van der Waals surface area contributed by atoms with Crippen molar-refractivity contribution in [2.75, 3.05) is 6.26 Å². The van der Waals surface area contributed by atoms with Crippen LogP contribution in [-0.2, 0) is 15.9 Å². The van der Waals surface area contributed by atoms with Crippen LogP contribution in [0, 0.1) is 5.82 Å². The van der Waals surface area contributed by atoms with E-state index in [2.05, 4.69) is 15.1 Å². The van der Waals surface area contributed by atoms with Crippen LogP contribution < -0.4 is 5.76 Å². The molecule has 0 saturated heterocycles. The lowest BCUT2D eigenvalue weighted by Crippen LogP contribution is -2.15. The zero-order chi connectivity index (χ0) is 20.9. The molecule has 9 nitrogen and oxygen atoms in total. The zero-order valence-electron chi connectivity index (χ0n) is 14.5. The van der Waals surface area contributed by atoms with E-state index in [1.54, 1.807) is 0 Å². The summed E-state index contributed by atoms with van der Waals surface area (Å²) in [5, 5.41) is 3.55. The van der Waals surface area contributed by atoms with Crippen LogP contribution in [0.1, 0.15) is 5.82 Å². The molecule has 0 saturated carbocycles. The summed E-state index contributed by atoms with van der Waals surface area (Å²) in [6, 6.07) is 5.05. The zero-order valence-corrected chi connectivity index (χ0v) is 16.8. The molecule has 3 heterocycles. The maximum atomic E-state index is 13.5. The Morgan fingerprint density at radius 2 is 2.03 bits per heavy atom. The third-order valence-electron chi connectivity index (χ3n) is 4.04. The van der Waals surface area contributed by atoms with Crippen molar-refractivity contribution in [1.82, 2.24) is 23.7 Å². The van der Waals surface area contributed by atoms with E-state index in [9.17, 15) is 17.6 Å². The van der Waals surface area contributed by atoms with E-state index < -0.39 is 21.6 Å². The molecule has 0 bridgehead atoms. The Kier molecular flexibility index (Phi) is 4.68. The Bertz CT molecular complexity index is 1430. The average Bonchev–Trinajstić information content (AvgIpc) is 3.24. The Morgan fingerprint density at radius 3 is 2.69 bits per heavy atom. The van der Waals surface area contributed by atoms with E-state index in [-0.39, 0.29) is 45.0 Å². The number of aromatic nitrogens is 5. The molecular weight excluding hydrogens is 448 g/mol. The monoisotopic (exact) mass is 457 g/mol. The molecule has 3 aromatic heterocycles. The summed E-state index contributed by atoms with van der Waals surface area (Å²) in [4.78, 5) is 20.5. The van der Waals surface area contributed by atoms with Gasteiger partial charge in [0, 0.05) is 6.20 Å². The van der Waals surface area contributed by atoms with E-state index in [4.69, 9.17) is 27.7 Å². The molecule has 0 spiro atoms. The van der Waals surface area contributed by atoms with Gasteiger partial charge in [-0.3, -0.25) is 4.52 Å². The molecule has 4 rings (SSSR count). The summed E-state index contributed by atoms with van der Waals surface area (Å²) in [6.07, 6.45) is 2.35. The van der Waals surface area contributed by atoms with E-state index in [1.807, 2.05) is 0 Å². The number of halogens is 3. The van der Waals surface area contributed by atoms with Gasteiger partial charge in [0.05, 0.1) is 28.4 Å². The number of alkyl halides is 1. The van der Waals surface area contributed by atoms with Crippen LogP contribution in [0.25, 0.3) is 28.2 Å². The molecule has 0 aliphatic rings. The highest BCUT2D eigenvalue weighted by atomic mass is 35.5. The smallest absolute Gasteiger partial charge is 0.295 e. The molecule has 0 aliphatic heterocycles. The van der Waals surface area contributed by atoms with Gasteiger partial charge in [-0.15, -0.1) is 11.6 Å². The van der Waals surface area contributed by atoms with Crippen molar-refractivity contribution in [3.8, 4) is 17.1 Å². The van der Waals surface area contributed by atoms with Crippen molar-refractivity contribution in [2.24, 2.45) is 0 Å². The lowest BCUT2D eigenvalue weighted by atomic mass is 10.2. The van der Waals surface area contributed by atoms with Crippen molar-refractivity contribution < 1.29 is 17.3 Å². The fourth-order valence-electron chi connectivity index (χ4n) is 2.92. The van der Waals surface area contributed by atoms with Crippen LogP contribution in [0.2, 0.25) is 5.02 Å². The van der Waals surface area contributed by atoms with E-state index in [1.165, 1.54) is 24.4 Å². The second-order valence-electron chi connectivity index (χ2n) is 5.93. The van der Waals surface area contributed by atoms with E-state index in [0.717, 1.165) is 20.9 Å². The van der Waals surface area contributed by atoms with Crippen molar-refractivity contribution in [3.63, 3.8) is 0 Å². The third kappa shape index (κ3) is 3.20. The molecule has 0 amide bonds. The standard InChI is InChI=1S/C16H10Cl2FN5O4S/c1-29(26,27)24-12(7-17)21-14-13(24)9(4-5-20-14)15-22-28-16(25)23(15)8-2-3-11(19)10(18)6-8/h2-6H,7H2,1H3. The third-order valence-corrected chi connectivity index (χ3v) is 5.62. The van der Waals surface area contributed by atoms with Crippen LogP contribution in [0.5, 0.6) is 0 Å². The van der Waals surface area contributed by atoms with Gasteiger partial charge in [0.2, 0.25) is 10.0 Å². The van der Waals surface area contributed by atoms with Crippen molar-refractivity contribution >= 4 is 44.4 Å². The van der Waals surface area contributed by atoms with Gasteiger partial charge in [0.15, 0.2) is 11.5 Å². The Labute approximate surface area is 172 Å². The highest BCUT2D eigenvalue weighted by Crippen LogP contribution is 2.30. The minimum atomic E-state index is -3.83. The van der Waals surface area contributed by atoms with Gasteiger partial charge in [0.1, 0.15) is 17.2 Å². The number of rotatable bonds is 4. The summed E-state index contributed by atoms with van der Waals surface area (Å²) in [7, 11) is -3.83. The Balaban J connectivity index is 2.09. The molecule has 0 radical (unpaired) electrons. The number of imidazole rings is 1. The lowest BCUT2D eigenvalue weighted by Gasteiger charge is -2.09. The molecular formula is C16H10Cl2FN5O4S. The van der Waals surface area contributed by atoms with Crippen LogP contribution in [0.3, 0.4) is 0 Å². The van der Waals surface area contributed by atoms with Crippen LogP contribution in [-0.4, -0.2) is 38.3 Å². The van der Waals surface area contributed by atoms with Gasteiger partial charge in [-0.05, 0) is 24.3 Å². The summed E-state index contributed by atoms with van der Waals surface area (Å²) in [5.74, 6) is -1.74. The highest BCUT2D eigenvalue weighted by molar-refractivity contribution is 7.89. The fourth-order valence-corrected chi connectivity index (χ4v) is 4.34. The topological polar surface area (TPSA) is 113 Å². The summed E-state index contributed by atoms with van der Waals surface area (Å²) < 4.78 is 45.0. The fraction of sp³-hybridized carbons (Fsp3) is 0.125. The summed E-state index contributed by atoms with van der Waals surface area (Å²) in [5.41, 5.74) is 0.518. The number of fused-ring (bicyclic) bond motifs is 1. The predicted octanol–water partition coefficient (Wildman–Crippen LogP) is 2.58. The second-order valence-corrected chi connectivity index (χ2v) is 8.43. The maximum absolute atomic E-state index is 13.5. The van der Waals surface area contributed by atoms with Gasteiger partial charge >= 0.3 is 5.76 Å². The molecule has 0 aliphatic carbocycles. The minimum Gasteiger partial charge on any atom is -0.295 e. The number of benzene rings is 1. The van der Waals surface area contributed by atoms with Gasteiger partial charge < -0.3 is 0 Å². The maximum Gasteiger partial charge on any atom is 0.446 e. The average molecular weight is 458 g/mol. The normalized spacial score (nSPS) is 12.0. The van der Waals surface area contributed by atoms with Crippen molar-refractivity contribution in [3.05, 3.63) is 57.7 Å². The van der Waals surface area contributed by atoms with Crippen LogP contribution in [0.4, 0.5) is 4.39 Å². The SMILES string of the molecule is CS(=O)(=O)n1c(CCl)nc2nccc(-c3noc(=O)n3-c3ccc(F)c(Cl)c3)c21. The first-order chi connectivity index (χ1) is 13.7. The molecule has 0 unspecified atom stereocenters. The van der Waals surface area contributed by atoms with E-state index >= 15 is 0 Å². The second kappa shape index (κ2) is 6.94. The molecule has 13 heteroatoms. The molecule has 0 N–H and O–H groups in total. The Morgan fingerprint density at radius 1 is 1.28 bits per heavy atom. The molecule has 29 heavy (non-hydrogen) atoms. The highest BCUT2D eigenvalue weighted by Gasteiger charge is 2.25. The van der Waals surface area contributed by atoms with Crippen molar-refractivity contribution in [1.29, 1.82) is 0 Å². The van der Waals surface area contributed by atoms with Gasteiger partial charge in [-0.2, -0.15) is 0 Å². The van der Waals surface area contributed by atoms with Gasteiger partial charge in [-0.1, -0.05) is 16.8 Å². The largest absolute Gasteiger partial charge is 0.446 e. The first kappa shape index (κ1) is 19.6. The summed E-state index contributed by atoms with van der Waals surface area (Å²) >= 11 is 11.7. The van der Waals surface area contributed by atoms with Crippen molar-refractivity contribution in [2.45, 2.75) is 5.88 Å². The lowest BCUT2D eigenvalue weighted by molar-refractivity contribution is 0.383. The van der Waals surface area contributed by atoms with Crippen LogP contribution in [0.15, 0.2) is 39.8 Å². The number of pyridine rings is 1. The number of hydrogen-bond donors (Lipinski definition) is 0. The Hall–Kier alpha value is -2.76. The van der Waals surface area contributed by atoms with Gasteiger partial charge in [-0.25, -0.2) is 36.1 Å². The molecule has 4 aromatic rings. The predicted molar refractivity (Wildman–Crippen MR) is 103 cm³/mol. The molecule has 1 aromatic carbocycles. The first-order valence-electron chi connectivity index (χ1n) is 7.89. The van der Waals surface area contributed by atoms with Gasteiger partial charge in [0.25, 0.3) is 0 Å². The van der Waals surface area contributed by atoms with Crippen LogP contribution >= 0.6 is 23.2 Å². The molecule has 150 valence electrons. The quantitative estimate of drug-likeness (QED) is 0.432. The number of hydrogen-bond acceptors (Lipinski definition) is 7. The molecule has 0 atom stereocenters. The summed E-state index contributed by atoms with van der Waals surface area (Å²) in [6.45, 7) is 0.